The Morgan fingerprint density at radius 3 is 2.52 bits per heavy atom. The molecule has 0 radical (unpaired) electrons. The highest BCUT2D eigenvalue weighted by Crippen LogP contribution is 2.16. The highest BCUT2D eigenvalue weighted by Gasteiger charge is 2.18. The number of para-hydroxylation sites is 1. The third-order valence-corrected chi connectivity index (χ3v) is 3.68. The van der Waals surface area contributed by atoms with Gasteiger partial charge in [-0.15, -0.1) is 0 Å². The predicted molar refractivity (Wildman–Crippen MR) is 95.8 cm³/mol. The summed E-state index contributed by atoms with van der Waals surface area (Å²) in [6.45, 7) is 7.34. The average Bonchev–Trinajstić information content (AvgIpc) is 2.97. The summed E-state index contributed by atoms with van der Waals surface area (Å²) in [5.41, 5.74) is 1.14. The molecule has 130 valence electrons. The number of hydrogen-bond donors (Lipinski definition) is 1. The summed E-state index contributed by atoms with van der Waals surface area (Å²) < 4.78 is 2.78. The molecule has 0 fully saturated rings. The van der Waals surface area contributed by atoms with E-state index >= 15 is 0 Å². The van der Waals surface area contributed by atoms with Crippen LogP contribution in [0.2, 0.25) is 0 Å². The van der Waals surface area contributed by atoms with Crippen LogP contribution in [0.5, 0.6) is 0 Å². The van der Waals surface area contributed by atoms with Crippen LogP contribution in [0.25, 0.3) is 16.6 Å². The molecule has 0 aliphatic carbocycles. The van der Waals surface area contributed by atoms with Gasteiger partial charge in [-0.1, -0.05) is 18.2 Å². The van der Waals surface area contributed by atoms with Gasteiger partial charge in [-0.2, -0.15) is 10.2 Å². The van der Waals surface area contributed by atoms with Gasteiger partial charge in [-0.05, 0) is 39.8 Å². The van der Waals surface area contributed by atoms with Crippen LogP contribution in [0.1, 0.15) is 26.5 Å². The molecule has 0 atom stereocenters. The molecule has 3 aromatic rings. The number of benzene rings is 1. The molecule has 0 saturated carbocycles. The molecule has 1 N–H and O–H groups in total. The van der Waals surface area contributed by atoms with Gasteiger partial charge in [0.15, 0.2) is 0 Å². The molecule has 7 nitrogen and oxygen atoms in total. The van der Waals surface area contributed by atoms with E-state index in [1.807, 2.05) is 51.1 Å². The summed E-state index contributed by atoms with van der Waals surface area (Å²) in [6.07, 6.45) is 1.63. The molecule has 1 aromatic carbocycles. The molecule has 2 aromatic heterocycles. The van der Waals surface area contributed by atoms with Crippen molar-refractivity contribution in [3.05, 3.63) is 52.6 Å². The summed E-state index contributed by atoms with van der Waals surface area (Å²) in [5.74, 6) is -0.258. The minimum atomic E-state index is -0.369. The van der Waals surface area contributed by atoms with Gasteiger partial charge in [-0.3, -0.25) is 9.59 Å². The lowest BCUT2D eigenvalue weighted by Gasteiger charge is -2.20. The minimum Gasteiger partial charge on any atom is -0.350 e. The highest BCUT2D eigenvalue weighted by molar-refractivity contribution is 5.82. The Hall–Kier alpha value is -2.96. The number of fused-ring (bicyclic) bond motifs is 1. The van der Waals surface area contributed by atoms with Gasteiger partial charge < -0.3 is 5.32 Å². The molecule has 0 saturated heterocycles. The first-order valence-electron chi connectivity index (χ1n) is 8.08. The standard InChI is InChI=1S/C18H21N5O2/c1-12-14-10-19-23(13-8-6-5-7-9-13)16(14)17(25)22(21-12)11-15(24)20-18(2,3)4/h5-10H,11H2,1-4H3,(H,20,24). The van der Waals surface area contributed by atoms with Crippen molar-refractivity contribution < 1.29 is 4.79 Å². The summed E-state index contributed by atoms with van der Waals surface area (Å²) in [6, 6.07) is 9.41. The van der Waals surface area contributed by atoms with E-state index in [9.17, 15) is 9.59 Å². The van der Waals surface area contributed by atoms with Gasteiger partial charge in [0.1, 0.15) is 12.1 Å². The highest BCUT2D eigenvalue weighted by atomic mass is 16.2. The van der Waals surface area contributed by atoms with Crippen molar-refractivity contribution in [2.24, 2.45) is 0 Å². The third kappa shape index (κ3) is 3.45. The van der Waals surface area contributed by atoms with Crippen molar-refractivity contribution in [2.75, 3.05) is 0 Å². The number of aryl methyl sites for hydroxylation is 1. The van der Waals surface area contributed by atoms with Crippen molar-refractivity contribution in [3.8, 4) is 5.69 Å². The number of aromatic nitrogens is 4. The van der Waals surface area contributed by atoms with E-state index in [2.05, 4.69) is 15.5 Å². The number of amides is 1. The molecule has 0 aliphatic rings. The number of hydrogen-bond acceptors (Lipinski definition) is 4. The van der Waals surface area contributed by atoms with E-state index in [-0.39, 0.29) is 23.6 Å². The molecule has 1 amide bonds. The minimum absolute atomic E-state index is 0.132. The number of nitrogens with one attached hydrogen (secondary N) is 1. The van der Waals surface area contributed by atoms with E-state index in [0.29, 0.717) is 16.6 Å². The molecule has 3 rings (SSSR count). The van der Waals surface area contributed by atoms with Crippen molar-refractivity contribution >= 4 is 16.8 Å². The molecule has 0 bridgehead atoms. The van der Waals surface area contributed by atoms with Crippen LogP contribution in [-0.2, 0) is 11.3 Å². The van der Waals surface area contributed by atoms with E-state index in [0.717, 1.165) is 5.69 Å². The molecular weight excluding hydrogens is 318 g/mol. The van der Waals surface area contributed by atoms with E-state index in [1.165, 1.54) is 4.68 Å². The smallest absolute Gasteiger partial charge is 0.293 e. The maximum Gasteiger partial charge on any atom is 0.293 e. The van der Waals surface area contributed by atoms with Crippen LogP contribution in [-0.4, -0.2) is 31.0 Å². The molecule has 2 heterocycles. The summed E-state index contributed by atoms with van der Waals surface area (Å²) >= 11 is 0. The quantitative estimate of drug-likeness (QED) is 0.789. The zero-order chi connectivity index (χ0) is 18.2. The fourth-order valence-corrected chi connectivity index (χ4v) is 2.69. The predicted octanol–water partition coefficient (Wildman–Crippen LogP) is 1.81. The largest absolute Gasteiger partial charge is 0.350 e. The second kappa shape index (κ2) is 6.16. The van der Waals surface area contributed by atoms with Crippen molar-refractivity contribution in [1.29, 1.82) is 0 Å². The van der Waals surface area contributed by atoms with Gasteiger partial charge in [0.2, 0.25) is 5.91 Å². The number of rotatable bonds is 3. The van der Waals surface area contributed by atoms with Crippen LogP contribution in [0.4, 0.5) is 0 Å². The van der Waals surface area contributed by atoms with E-state index < -0.39 is 0 Å². The Balaban J connectivity index is 2.09. The van der Waals surface area contributed by atoms with Crippen LogP contribution in [0.15, 0.2) is 41.3 Å². The Morgan fingerprint density at radius 2 is 1.88 bits per heavy atom. The zero-order valence-electron chi connectivity index (χ0n) is 14.8. The second-order valence-electron chi connectivity index (χ2n) is 7.00. The first-order chi connectivity index (χ1) is 11.8. The van der Waals surface area contributed by atoms with Crippen molar-refractivity contribution in [1.82, 2.24) is 24.9 Å². The fraction of sp³-hybridized carbons (Fsp3) is 0.333. The Labute approximate surface area is 145 Å². The Bertz CT molecular complexity index is 980. The average molecular weight is 339 g/mol. The Morgan fingerprint density at radius 1 is 1.20 bits per heavy atom. The maximum atomic E-state index is 12.9. The van der Waals surface area contributed by atoms with Gasteiger partial charge in [0.25, 0.3) is 5.56 Å². The van der Waals surface area contributed by atoms with Crippen LogP contribution in [0, 0.1) is 6.92 Å². The van der Waals surface area contributed by atoms with Gasteiger partial charge in [0, 0.05) is 10.9 Å². The molecule has 0 unspecified atom stereocenters. The number of carbonyl (C=O) groups excluding carboxylic acids is 1. The maximum absolute atomic E-state index is 12.9. The zero-order valence-corrected chi connectivity index (χ0v) is 14.8. The fourth-order valence-electron chi connectivity index (χ4n) is 2.69. The first-order valence-corrected chi connectivity index (χ1v) is 8.08. The number of carbonyl (C=O) groups is 1. The molecule has 7 heteroatoms. The number of nitrogens with zero attached hydrogens (tertiary/aromatic N) is 4. The van der Waals surface area contributed by atoms with Crippen molar-refractivity contribution in [2.45, 2.75) is 39.8 Å². The third-order valence-electron chi connectivity index (χ3n) is 3.68. The van der Waals surface area contributed by atoms with Gasteiger partial charge in [-0.25, -0.2) is 9.36 Å². The van der Waals surface area contributed by atoms with Crippen LogP contribution >= 0.6 is 0 Å². The van der Waals surface area contributed by atoms with E-state index in [1.54, 1.807) is 17.8 Å². The lowest BCUT2D eigenvalue weighted by Crippen LogP contribution is -2.44. The summed E-state index contributed by atoms with van der Waals surface area (Å²) in [4.78, 5) is 25.1. The SMILES string of the molecule is Cc1nn(CC(=O)NC(C)(C)C)c(=O)c2c1cnn2-c1ccccc1. The summed E-state index contributed by atoms with van der Waals surface area (Å²) in [5, 5.41) is 12.1. The van der Waals surface area contributed by atoms with Crippen molar-refractivity contribution in [3.63, 3.8) is 0 Å². The molecular formula is C18H21N5O2. The monoisotopic (exact) mass is 339 g/mol. The lowest BCUT2D eigenvalue weighted by molar-refractivity contribution is -0.123. The Kier molecular flexibility index (Phi) is 4.16. The van der Waals surface area contributed by atoms with Crippen LogP contribution in [0.3, 0.4) is 0 Å². The molecule has 25 heavy (non-hydrogen) atoms. The molecule has 0 aliphatic heterocycles. The van der Waals surface area contributed by atoms with E-state index in [4.69, 9.17) is 0 Å². The summed E-state index contributed by atoms with van der Waals surface area (Å²) in [7, 11) is 0. The first kappa shape index (κ1) is 16.9. The normalized spacial score (nSPS) is 11.7. The second-order valence-corrected chi connectivity index (χ2v) is 7.00. The van der Waals surface area contributed by atoms with Gasteiger partial charge in [0.05, 0.1) is 17.6 Å². The molecule has 0 spiro atoms. The van der Waals surface area contributed by atoms with Gasteiger partial charge >= 0.3 is 0 Å². The van der Waals surface area contributed by atoms with Crippen LogP contribution < -0.4 is 10.9 Å². The lowest BCUT2D eigenvalue weighted by atomic mass is 10.1. The topological polar surface area (TPSA) is 81.8 Å².